The highest BCUT2D eigenvalue weighted by molar-refractivity contribution is 6.29. The number of halogens is 1. The van der Waals surface area contributed by atoms with E-state index in [1.165, 1.54) is 18.3 Å². The summed E-state index contributed by atoms with van der Waals surface area (Å²) in [4.78, 5) is 25.5. The lowest BCUT2D eigenvalue weighted by molar-refractivity contribution is -0.146. The van der Waals surface area contributed by atoms with Crippen LogP contribution in [0.3, 0.4) is 0 Å². The number of pyridine rings is 1. The van der Waals surface area contributed by atoms with E-state index >= 15 is 0 Å². The molecule has 6 nitrogen and oxygen atoms in total. The van der Waals surface area contributed by atoms with Crippen LogP contribution in [0.15, 0.2) is 18.3 Å². The average molecular weight is 259 g/mol. The highest BCUT2D eigenvalue weighted by Crippen LogP contribution is 2.04. The van der Waals surface area contributed by atoms with E-state index in [9.17, 15) is 9.59 Å². The SMILES string of the molecule is O=C(NCCC(O)C(=O)O)c1ccc(Cl)nc1. The van der Waals surface area contributed by atoms with Gasteiger partial charge in [0.05, 0.1) is 5.56 Å². The number of carbonyl (C=O) groups is 2. The van der Waals surface area contributed by atoms with Crippen LogP contribution in [0.4, 0.5) is 0 Å². The van der Waals surface area contributed by atoms with Gasteiger partial charge < -0.3 is 15.5 Å². The van der Waals surface area contributed by atoms with Crippen molar-refractivity contribution < 1.29 is 19.8 Å². The Morgan fingerprint density at radius 1 is 1.47 bits per heavy atom. The second-order valence-electron chi connectivity index (χ2n) is 3.27. The standard InChI is InChI=1S/C10H11ClN2O4/c11-8-2-1-6(5-13-8)9(15)12-4-3-7(14)10(16)17/h1-2,5,7,14H,3-4H2,(H,12,15)(H,16,17). The van der Waals surface area contributed by atoms with Gasteiger partial charge in [-0.2, -0.15) is 0 Å². The lowest BCUT2D eigenvalue weighted by Crippen LogP contribution is -2.30. The zero-order chi connectivity index (χ0) is 12.8. The molecule has 0 saturated carbocycles. The summed E-state index contributed by atoms with van der Waals surface area (Å²) in [5.41, 5.74) is 0.319. The summed E-state index contributed by atoms with van der Waals surface area (Å²) in [6, 6.07) is 2.97. The van der Waals surface area contributed by atoms with E-state index in [1.54, 1.807) is 0 Å². The first-order chi connectivity index (χ1) is 8.00. The molecule has 1 amide bonds. The third kappa shape index (κ3) is 4.38. The van der Waals surface area contributed by atoms with Gasteiger partial charge in [-0.05, 0) is 12.1 Å². The Kier molecular flexibility index (Phi) is 4.86. The second-order valence-corrected chi connectivity index (χ2v) is 3.66. The number of aliphatic hydroxyl groups excluding tert-OH is 1. The number of carbonyl (C=O) groups excluding carboxylic acids is 1. The summed E-state index contributed by atoms with van der Waals surface area (Å²) >= 11 is 5.56. The van der Waals surface area contributed by atoms with Crippen LogP contribution >= 0.6 is 11.6 Å². The Bertz CT molecular complexity index is 407. The molecule has 92 valence electrons. The molecule has 7 heteroatoms. The number of nitrogens with one attached hydrogen (secondary N) is 1. The maximum absolute atomic E-state index is 11.5. The van der Waals surface area contributed by atoms with Crippen molar-refractivity contribution in [3.05, 3.63) is 29.0 Å². The molecule has 0 aliphatic rings. The monoisotopic (exact) mass is 258 g/mol. The lowest BCUT2D eigenvalue weighted by atomic mass is 10.2. The van der Waals surface area contributed by atoms with Crippen molar-refractivity contribution in [3.63, 3.8) is 0 Å². The zero-order valence-corrected chi connectivity index (χ0v) is 9.52. The highest BCUT2D eigenvalue weighted by Gasteiger charge is 2.13. The Balaban J connectivity index is 2.40. The van der Waals surface area contributed by atoms with Gasteiger partial charge in [0.1, 0.15) is 5.15 Å². The molecule has 0 bridgehead atoms. The number of hydrogen-bond acceptors (Lipinski definition) is 4. The van der Waals surface area contributed by atoms with Crippen molar-refractivity contribution in [2.45, 2.75) is 12.5 Å². The van der Waals surface area contributed by atoms with Gasteiger partial charge >= 0.3 is 5.97 Å². The number of aliphatic hydroxyl groups is 1. The highest BCUT2D eigenvalue weighted by atomic mass is 35.5. The van der Waals surface area contributed by atoms with Crippen molar-refractivity contribution >= 4 is 23.5 Å². The van der Waals surface area contributed by atoms with Crippen LogP contribution in [0, 0.1) is 0 Å². The van der Waals surface area contributed by atoms with Gasteiger partial charge in [-0.3, -0.25) is 4.79 Å². The number of hydrogen-bond donors (Lipinski definition) is 3. The number of aliphatic carboxylic acids is 1. The molecular formula is C10H11ClN2O4. The molecular weight excluding hydrogens is 248 g/mol. The van der Waals surface area contributed by atoms with Crippen molar-refractivity contribution in [2.24, 2.45) is 0 Å². The van der Waals surface area contributed by atoms with E-state index in [2.05, 4.69) is 10.3 Å². The molecule has 0 saturated heterocycles. The van der Waals surface area contributed by atoms with Crippen LogP contribution in [0.1, 0.15) is 16.8 Å². The van der Waals surface area contributed by atoms with E-state index in [-0.39, 0.29) is 18.1 Å². The first-order valence-corrected chi connectivity index (χ1v) is 5.19. The van der Waals surface area contributed by atoms with Crippen molar-refractivity contribution in [2.75, 3.05) is 6.54 Å². The lowest BCUT2D eigenvalue weighted by Gasteiger charge is -2.07. The van der Waals surface area contributed by atoms with Crippen LogP contribution in [0.5, 0.6) is 0 Å². The van der Waals surface area contributed by atoms with Crippen LogP contribution in [-0.2, 0) is 4.79 Å². The molecule has 1 unspecified atom stereocenters. The molecule has 1 atom stereocenters. The summed E-state index contributed by atoms with van der Waals surface area (Å²) in [6.45, 7) is 0.0644. The minimum absolute atomic E-state index is 0.0535. The van der Waals surface area contributed by atoms with Gasteiger partial charge in [0.25, 0.3) is 5.91 Å². The number of rotatable bonds is 5. The fraction of sp³-hybridized carbons (Fsp3) is 0.300. The summed E-state index contributed by atoms with van der Waals surface area (Å²) in [5.74, 6) is -1.71. The molecule has 1 aromatic rings. The Morgan fingerprint density at radius 2 is 2.18 bits per heavy atom. The third-order valence-electron chi connectivity index (χ3n) is 1.98. The molecule has 0 aliphatic heterocycles. The first-order valence-electron chi connectivity index (χ1n) is 4.81. The second kappa shape index (κ2) is 6.17. The molecule has 0 spiro atoms. The molecule has 0 radical (unpaired) electrons. The molecule has 0 aromatic carbocycles. The minimum Gasteiger partial charge on any atom is -0.479 e. The summed E-state index contributed by atoms with van der Waals surface area (Å²) in [7, 11) is 0. The topological polar surface area (TPSA) is 99.5 Å². The maximum atomic E-state index is 11.5. The minimum atomic E-state index is -1.47. The van der Waals surface area contributed by atoms with Crippen molar-refractivity contribution in [1.82, 2.24) is 10.3 Å². The zero-order valence-electron chi connectivity index (χ0n) is 8.76. The van der Waals surface area contributed by atoms with Gasteiger partial charge in [0.2, 0.25) is 0 Å². The third-order valence-corrected chi connectivity index (χ3v) is 2.20. The molecule has 17 heavy (non-hydrogen) atoms. The molecule has 1 aromatic heterocycles. The van der Waals surface area contributed by atoms with E-state index in [0.29, 0.717) is 5.56 Å². The summed E-state index contributed by atoms with van der Waals surface area (Å²) < 4.78 is 0. The first kappa shape index (κ1) is 13.4. The summed E-state index contributed by atoms with van der Waals surface area (Å²) in [6.07, 6.45) is -0.216. The van der Waals surface area contributed by atoms with E-state index in [4.69, 9.17) is 21.8 Å². The summed E-state index contributed by atoms with van der Waals surface area (Å²) in [5, 5.41) is 20.1. The predicted octanol–water partition coefficient (Wildman–Crippen LogP) is 0.300. The van der Waals surface area contributed by atoms with Gasteiger partial charge in [-0.15, -0.1) is 0 Å². The largest absolute Gasteiger partial charge is 0.479 e. The van der Waals surface area contributed by atoms with E-state index < -0.39 is 18.0 Å². The van der Waals surface area contributed by atoms with Crippen LogP contribution in [0.2, 0.25) is 5.15 Å². The molecule has 1 rings (SSSR count). The quantitative estimate of drug-likeness (QED) is 0.660. The van der Waals surface area contributed by atoms with E-state index in [0.717, 1.165) is 0 Å². The van der Waals surface area contributed by atoms with Crippen LogP contribution < -0.4 is 5.32 Å². The van der Waals surface area contributed by atoms with Crippen LogP contribution in [0.25, 0.3) is 0 Å². The van der Waals surface area contributed by atoms with E-state index in [1.807, 2.05) is 0 Å². The van der Waals surface area contributed by atoms with Gasteiger partial charge in [0.15, 0.2) is 6.10 Å². The number of carboxylic acids is 1. The Labute approximate surface area is 102 Å². The van der Waals surface area contributed by atoms with Crippen molar-refractivity contribution in [1.29, 1.82) is 0 Å². The van der Waals surface area contributed by atoms with Crippen molar-refractivity contribution in [3.8, 4) is 0 Å². The number of carboxylic acid groups (broad SMARTS) is 1. The van der Waals surface area contributed by atoms with Gasteiger partial charge in [-0.25, -0.2) is 9.78 Å². The fourth-order valence-electron chi connectivity index (χ4n) is 1.06. The fourth-order valence-corrected chi connectivity index (χ4v) is 1.17. The van der Waals surface area contributed by atoms with Gasteiger partial charge in [-0.1, -0.05) is 11.6 Å². The average Bonchev–Trinajstić information content (AvgIpc) is 2.29. The molecule has 1 heterocycles. The van der Waals surface area contributed by atoms with Gasteiger partial charge in [0, 0.05) is 19.2 Å². The smallest absolute Gasteiger partial charge is 0.332 e. The molecule has 3 N–H and O–H groups in total. The number of nitrogens with zero attached hydrogens (tertiary/aromatic N) is 1. The van der Waals surface area contributed by atoms with Crippen LogP contribution in [-0.4, -0.2) is 39.7 Å². The normalized spacial score (nSPS) is 11.9. The Morgan fingerprint density at radius 3 is 2.71 bits per heavy atom. The molecule has 0 fully saturated rings. The number of aromatic nitrogens is 1. The number of amides is 1. The predicted molar refractivity (Wildman–Crippen MR) is 59.8 cm³/mol. The maximum Gasteiger partial charge on any atom is 0.332 e. The Hall–Kier alpha value is -1.66. The molecule has 0 aliphatic carbocycles.